The zero-order valence-corrected chi connectivity index (χ0v) is 12.8. The van der Waals surface area contributed by atoms with Crippen LogP contribution in [0.4, 0.5) is 0 Å². The third-order valence-corrected chi connectivity index (χ3v) is 3.24. The summed E-state index contributed by atoms with van der Waals surface area (Å²) in [6.07, 6.45) is 1.23. The molecule has 0 aliphatic rings. The lowest BCUT2D eigenvalue weighted by molar-refractivity contribution is -0.130. The fraction of sp³-hybridized carbons (Fsp3) is 0.562. The predicted molar refractivity (Wildman–Crippen MR) is 82.0 cm³/mol. The van der Waals surface area contributed by atoms with Crippen LogP contribution in [0, 0.1) is 0 Å². The van der Waals surface area contributed by atoms with Crippen LogP contribution in [-0.4, -0.2) is 37.6 Å². The van der Waals surface area contributed by atoms with Crippen molar-refractivity contribution in [3.63, 3.8) is 0 Å². The summed E-state index contributed by atoms with van der Waals surface area (Å²) < 4.78 is 5.75. The van der Waals surface area contributed by atoms with E-state index in [0.29, 0.717) is 32.0 Å². The minimum absolute atomic E-state index is 0.0977. The van der Waals surface area contributed by atoms with Crippen LogP contribution in [0.3, 0.4) is 0 Å². The van der Waals surface area contributed by atoms with Crippen molar-refractivity contribution in [2.45, 2.75) is 32.6 Å². The van der Waals surface area contributed by atoms with Gasteiger partial charge in [-0.2, -0.15) is 0 Å². The van der Waals surface area contributed by atoms with E-state index in [-0.39, 0.29) is 5.91 Å². The molecule has 0 unspecified atom stereocenters. The fourth-order valence-electron chi connectivity index (χ4n) is 1.98. The summed E-state index contributed by atoms with van der Waals surface area (Å²) in [5.41, 5.74) is 6.61. The number of carbonyl (C=O) groups excluding carboxylic acids is 1. The Morgan fingerprint density at radius 3 is 2.70 bits per heavy atom. The van der Waals surface area contributed by atoms with Crippen molar-refractivity contribution in [2.24, 2.45) is 5.73 Å². The Morgan fingerprint density at radius 2 is 2.05 bits per heavy atom. The molecular weight excluding hydrogens is 252 g/mol. The second kappa shape index (κ2) is 8.59. The minimum atomic E-state index is 0.0977. The van der Waals surface area contributed by atoms with Crippen molar-refractivity contribution in [1.29, 1.82) is 0 Å². The maximum absolute atomic E-state index is 11.9. The predicted octanol–water partition coefficient (Wildman–Crippen LogP) is 2.39. The van der Waals surface area contributed by atoms with Crippen LogP contribution < -0.4 is 10.5 Å². The molecule has 4 heteroatoms. The van der Waals surface area contributed by atoms with Gasteiger partial charge in [0, 0.05) is 13.6 Å². The average molecular weight is 278 g/mol. The van der Waals surface area contributed by atoms with Crippen LogP contribution in [0.2, 0.25) is 0 Å². The molecule has 0 saturated heterocycles. The Labute approximate surface area is 121 Å². The molecule has 4 nitrogen and oxygen atoms in total. The van der Waals surface area contributed by atoms with Gasteiger partial charge in [0.25, 0.3) is 0 Å². The Balaban J connectivity index is 2.43. The normalized spacial score (nSPS) is 10.7. The second-order valence-corrected chi connectivity index (χ2v) is 5.25. The molecule has 0 aliphatic carbocycles. The van der Waals surface area contributed by atoms with Crippen LogP contribution in [-0.2, 0) is 4.79 Å². The van der Waals surface area contributed by atoms with Gasteiger partial charge in [0.05, 0.1) is 13.0 Å². The number of amides is 1. The fourth-order valence-corrected chi connectivity index (χ4v) is 1.98. The number of ether oxygens (including phenoxy) is 1. The minimum Gasteiger partial charge on any atom is -0.493 e. The summed E-state index contributed by atoms with van der Waals surface area (Å²) in [5.74, 6) is 1.38. The topological polar surface area (TPSA) is 55.6 Å². The van der Waals surface area contributed by atoms with Crippen molar-refractivity contribution in [3.8, 4) is 5.75 Å². The summed E-state index contributed by atoms with van der Waals surface area (Å²) in [6, 6.07) is 7.98. The van der Waals surface area contributed by atoms with Crippen LogP contribution >= 0.6 is 0 Å². The van der Waals surface area contributed by atoms with Gasteiger partial charge in [-0.3, -0.25) is 4.79 Å². The SMILES string of the molecule is CC(C)c1ccccc1OCCC(=O)N(C)CCCN. The highest BCUT2D eigenvalue weighted by atomic mass is 16.5. The van der Waals surface area contributed by atoms with Crippen molar-refractivity contribution in [2.75, 3.05) is 26.7 Å². The molecule has 0 bridgehead atoms. The number of hydrogen-bond donors (Lipinski definition) is 1. The summed E-state index contributed by atoms with van der Waals surface area (Å²) in [4.78, 5) is 13.6. The van der Waals surface area contributed by atoms with Crippen molar-refractivity contribution in [1.82, 2.24) is 4.90 Å². The number of para-hydroxylation sites is 1. The Morgan fingerprint density at radius 1 is 1.35 bits per heavy atom. The second-order valence-electron chi connectivity index (χ2n) is 5.25. The van der Waals surface area contributed by atoms with Gasteiger partial charge in [0.1, 0.15) is 5.75 Å². The van der Waals surface area contributed by atoms with Gasteiger partial charge in [0.2, 0.25) is 5.91 Å². The maximum atomic E-state index is 11.9. The maximum Gasteiger partial charge on any atom is 0.225 e. The van der Waals surface area contributed by atoms with E-state index in [9.17, 15) is 4.79 Å². The average Bonchev–Trinajstić information content (AvgIpc) is 2.44. The quantitative estimate of drug-likeness (QED) is 0.794. The van der Waals surface area contributed by atoms with E-state index in [4.69, 9.17) is 10.5 Å². The summed E-state index contributed by atoms with van der Waals surface area (Å²) in [5, 5.41) is 0. The zero-order chi connectivity index (χ0) is 15.0. The summed E-state index contributed by atoms with van der Waals surface area (Å²) in [6.45, 7) is 5.99. The molecule has 1 aromatic carbocycles. The summed E-state index contributed by atoms with van der Waals surface area (Å²) >= 11 is 0. The van der Waals surface area contributed by atoms with Gasteiger partial charge in [-0.15, -0.1) is 0 Å². The van der Waals surface area contributed by atoms with E-state index in [1.165, 1.54) is 5.56 Å². The lowest BCUT2D eigenvalue weighted by Gasteiger charge is -2.18. The van der Waals surface area contributed by atoms with Gasteiger partial charge < -0.3 is 15.4 Å². The van der Waals surface area contributed by atoms with Gasteiger partial charge in [-0.05, 0) is 30.5 Å². The van der Waals surface area contributed by atoms with Crippen molar-refractivity contribution >= 4 is 5.91 Å². The number of carbonyl (C=O) groups is 1. The molecule has 0 spiro atoms. The molecule has 0 radical (unpaired) electrons. The molecule has 20 heavy (non-hydrogen) atoms. The number of benzene rings is 1. The number of hydrogen-bond acceptors (Lipinski definition) is 3. The summed E-state index contributed by atoms with van der Waals surface area (Å²) in [7, 11) is 1.81. The molecule has 0 atom stereocenters. The first kappa shape index (κ1) is 16.5. The molecule has 1 rings (SSSR count). The van der Waals surface area contributed by atoms with Gasteiger partial charge in [0.15, 0.2) is 0 Å². The molecule has 1 aromatic rings. The molecule has 2 N–H and O–H groups in total. The van der Waals surface area contributed by atoms with Gasteiger partial charge in [-0.1, -0.05) is 32.0 Å². The first-order valence-corrected chi connectivity index (χ1v) is 7.22. The largest absolute Gasteiger partial charge is 0.493 e. The molecule has 0 heterocycles. The van der Waals surface area contributed by atoms with E-state index in [1.54, 1.807) is 11.9 Å². The van der Waals surface area contributed by atoms with Crippen LogP contribution in [0.15, 0.2) is 24.3 Å². The molecule has 0 saturated carbocycles. The standard InChI is InChI=1S/C16H26N2O2/c1-13(2)14-7-4-5-8-15(14)20-12-9-16(19)18(3)11-6-10-17/h4-5,7-8,13H,6,9-12,17H2,1-3H3. The van der Waals surface area contributed by atoms with Crippen molar-refractivity contribution < 1.29 is 9.53 Å². The third kappa shape index (κ3) is 5.21. The third-order valence-electron chi connectivity index (χ3n) is 3.24. The Kier molecular flexibility index (Phi) is 7.09. The van der Waals surface area contributed by atoms with E-state index in [2.05, 4.69) is 19.9 Å². The van der Waals surface area contributed by atoms with Crippen LogP contribution in [0.5, 0.6) is 5.75 Å². The molecule has 112 valence electrons. The molecule has 0 aromatic heterocycles. The van der Waals surface area contributed by atoms with E-state index >= 15 is 0 Å². The van der Waals surface area contributed by atoms with E-state index in [1.807, 2.05) is 18.2 Å². The lowest BCUT2D eigenvalue weighted by atomic mass is 10.0. The van der Waals surface area contributed by atoms with E-state index in [0.717, 1.165) is 12.2 Å². The van der Waals surface area contributed by atoms with Crippen LogP contribution in [0.25, 0.3) is 0 Å². The first-order valence-electron chi connectivity index (χ1n) is 7.22. The Bertz CT molecular complexity index is 419. The number of rotatable bonds is 8. The Hall–Kier alpha value is -1.55. The van der Waals surface area contributed by atoms with Crippen molar-refractivity contribution in [3.05, 3.63) is 29.8 Å². The van der Waals surface area contributed by atoms with Gasteiger partial charge >= 0.3 is 0 Å². The monoisotopic (exact) mass is 278 g/mol. The van der Waals surface area contributed by atoms with Crippen LogP contribution in [0.1, 0.15) is 38.2 Å². The highest BCUT2D eigenvalue weighted by Crippen LogP contribution is 2.25. The molecule has 0 fully saturated rings. The lowest BCUT2D eigenvalue weighted by Crippen LogP contribution is -2.30. The zero-order valence-electron chi connectivity index (χ0n) is 12.8. The van der Waals surface area contributed by atoms with E-state index < -0.39 is 0 Å². The van der Waals surface area contributed by atoms with Gasteiger partial charge in [-0.25, -0.2) is 0 Å². The number of nitrogens with zero attached hydrogens (tertiary/aromatic N) is 1. The first-order chi connectivity index (χ1) is 9.56. The molecule has 1 amide bonds. The highest BCUT2D eigenvalue weighted by Gasteiger charge is 2.10. The molecular formula is C16H26N2O2. The highest BCUT2D eigenvalue weighted by molar-refractivity contribution is 5.75. The molecule has 0 aliphatic heterocycles. The smallest absolute Gasteiger partial charge is 0.225 e. The number of nitrogens with two attached hydrogens (primary N) is 1.